The van der Waals surface area contributed by atoms with Gasteiger partial charge >= 0.3 is 0 Å². The van der Waals surface area contributed by atoms with E-state index in [0.717, 1.165) is 30.7 Å². The highest BCUT2D eigenvalue weighted by Gasteiger charge is 2.38. The topological polar surface area (TPSA) is 54.0 Å². The lowest BCUT2D eigenvalue weighted by atomic mass is 10.1. The maximum absolute atomic E-state index is 6.04. The molecule has 2 heterocycles. The van der Waals surface area contributed by atoms with E-state index in [1.165, 1.54) is 12.8 Å². The number of nitrogens with one attached hydrogen (secondary N) is 1. The number of hydrogen-bond donors (Lipinski definition) is 1. The third-order valence-electron chi connectivity index (χ3n) is 4.00. The van der Waals surface area contributed by atoms with E-state index in [9.17, 15) is 0 Å². The predicted octanol–water partition coefficient (Wildman–Crippen LogP) is 1.67. The molecule has 0 amide bonds. The minimum atomic E-state index is 0.266. The Balaban J connectivity index is 1.70. The number of hydrogen-bond acceptors (Lipinski definition) is 4. The summed E-state index contributed by atoms with van der Waals surface area (Å²) in [4.78, 5) is 6.91. The van der Waals surface area contributed by atoms with Crippen molar-refractivity contribution in [2.45, 2.75) is 51.9 Å². The van der Waals surface area contributed by atoms with Crippen LogP contribution in [0.4, 0.5) is 0 Å². The fraction of sp³-hybridized carbons (Fsp3) is 0.846. The number of aromatic amines is 1. The van der Waals surface area contributed by atoms with Crippen LogP contribution in [-0.2, 0) is 4.74 Å². The van der Waals surface area contributed by atoms with E-state index < -0.39 is 0 Å². The minimum Gasteiger partial charge on any atom is -0.372 e. The monoisotopic (exact) mass is 250 g/mol. The maximum atomic E-state index is 6.04. The van der Waals surface area contributed by atoms with Crippen molar-refractivity contribution in [2.75, 3.05) is 13.1 Å². The smallest absolute Gasteiger partial charge is 0.167 e. The quantitative estimate of drug-likeness (QED) is 0.886. The molecule has 1 aliphatic heterocycles. The van der Waals surface area contributed by atoms with E-state index in [2.05, 4.69) is 33.9 Å². The minimum absolute atomic E-state index is 0.266. The molecular formula is C13H22N4O. The normalized spacial score (nSPS) is 31.5. The van der Waals surface area contributed by atoms with Crippen LogP contribution in [0, 0.1) is 12.8 Å². The first-order valence-electron chi connectivity index (χ1n) is 6.92. The zero-order valence-electron chi connectivity index (χ0n) is 11.4. The highest BCUT2D eigenvalue weighted by Crippen LogP contribution is 2.37. The Morgan fingerprint density at radius 3 is 2.78 bits per heavy atom. The average molecular weight is 250 g/mol. The molecule has 3 atom stereocenters. The van der Waals surface area contributed by atoms with E-state index >= 15 is 0 Å². The first-order valence-corrected chi connectivity index (χ1v) is 6.92. The Morgan fingerprint density at radius 1 is 1.39 bits per heavy atom. The van der Waals surface area contributed by atoms with Gasteiger partial charge in [-0.3, -0.25) is 10.00 Å². The van der Waals surface area contributed by atoms with Crippen LogP contribution >= 0.6 is 0 Å². The summed E-state index contributed by atoms with van der Waals surface area (Å²) in [6.07, 6.45) is 3.39. The molecule has 100 valence electrons. The summed E-state index contributed by atoms with van der Waals surface area (Å²) in [6, 6.07) is 0.266. The molecule has 0 radical (unpaired) electrons. The molecule has 0 bridgehead atoms. The van der Waals surface area contributed by atoms with Gasteiger partial charge in [0, 0.05) is 13.1 Å². The van der Waals surface area contributed by atoms with Gasteiger partial charge in [-0.2, -0.15) is 5.10 Å². The fourth-order valence-corrected chi connectivity index (χ4v) is 2.77. The molecule has 2 aliphatic rings. The van der Waals surface area contributed by atoms with Gasteiger partial charge in [-0.05, 0) is 39.5 Å². The maximum Gasteiger partial charge on any atom is 0.167 e. The van der Waals surface area contributed by atoms with E-state index in [1.54, 1.807) is 0 Å². The number of morpholine rings is 1. The molecule has 1 aliphatic carbocycles. The average Bonchev–Trinajstić information content (AvgIpc) is 3.10. The van der Waals surface area contributed by atoms with Crippen molar-refractivity contribution in [1.82, 2.24) is 20.1 Å². The van der Waals surface area contributed by atoms with Crippen molar-refractivity contribution in [3.05, 3.63) is 11.6 Å². The summed E-state index contributed by atoms with van der Waals surface area (Å²) in [7, 11) is 0. The van der Waals surface area contributed by atoms with Crippen molar-refractivity contribution < 1.29 is 4.74 Å². The molecule has 3 unspecified atom stereocenters. The Bertz CT molecular complexity index is 415. The van der Waals surface area contributed by atoms with Crippen LogP contribution in [0.1, 0.15) is 44.4 Å². The standard InChI is InChI=1S/C13H22N4O/c1-8-6-17(7-12(18-8)11-4-5-11)9(2)13-14-10(3)15-16-13/h8-9,11-12H,4-7H2,1-3H3,(H,14,15,16). The van der Waals surface area contributed by atoms with E-state index in [4.69, 9.17) is 4.74 Å². The first kappa shape index (κ1) is 12.1. The molecule has 1 saturated carbocycles. The van der Waals surface area contributed by atoms with Crippen LogP contribution in [0.3, 0.4) is 0 Å². The summed E-state index contributed by atoms with van der Waals surface area (Å²) in [5.74, 6) is 2.57. The lowest BCUT2D eigenvalue weighted by molar-refractivity contribution is -0.0965. The summed E-state index contributed by atoms with van der Waals surface area (Å²) < 4.78 is 6.04. The first-order chi connectivity index (χ1) is 8.63. The van der Waals surface area contributed by atoms with Crippen molar-refractivity contribution in [1.29, 1.82) is 0 Å². The number of H-pyrrole nitrogens is 1. The molecule has 1 N–H and O–H groups in total. The van der Waals surface area contributed by atoms with Crippen LogP contribution in [0.25, 0.3) is 0 Å². The summed E-state index contributed by atoms with van der Waals surface area (Å²) in [6.45, 7) is 8.28. The lowest BCUT2D eigenvalue weighted by Crippen LogP contribution is -2.48. The van der Waals surface area contributed by atoms with Crippen molar-refractivity contribution in [3.8, 4) is 0 Å². The van der Waals surface area contributed by atoms with Gasteiger partial charge in [0.15, 0.2) is 5.82 Å². The second kappa shape index (κ2) is 4.63. The van der Waals surface area contributed by atoms with Crippen LogP contribution < -0.4 is 0 Å². The molecule has 1 aromatic rings. The van der Waals surface area contributed by atoms with Crippen molar-refractivity contribution in [2.24, 2.45) is 5.92 Å². The van der Waals surface area contributed by atoms with E-state index in [-0.39, 0.29) is 6.04 Å². The third kappa shape index (κ3) is 2.42. The number of nitrogens with zero attached hydrogens (tertiary/aromatic N) is 3. The Hall–Kier alpha value is -0.940. The molecule has 5 heteroatoms. The highest BCUT2D eigenvalue weighted by atomic mass is 16.5. The van der Waals surface area contributed by atoms with Gasteiger partial charge in [-0.1, -0.05) is 0 Å². The van der Waals surface area contributed by atoms with Crippen LogP contribution in [0.5, 0.6) is 0 Å². The van der Waals surface area contributed by atoms with Gasteiger partial charge in [0.1, 0.15) is 5.82 Å². The van der Waals surface area contributed by atoms with Crippen LogP contribution in [0.15, 0.2) is 0 Å². The van der Waals surface area contributed by atoms with E-state index in [1.807, 2.05) is 6.92 Å². The molecule has 1 aromatic heterocycles. The Kier molecular flexibility index (Phi) is 3.11. The fourth-order valence-electron chi connectivity index (χ4n) is 2.77. The number of aryl methyl sites for hydroxylation is 1. The van der Waals surface area contributed by atoms with Gasteiger partial charge < -0.3 is 4.74 Å². The lowest BCUT2D eigenvalue weighted by Gasteiger charge is -2.39. The molecule has 18 heavy (non-hydrogen) atoms. The second-order valence-electron chi connectivity index (χ2n) is 5.73. The van der Waals surface area contributed by atoms with Gasteiger partial charge in [-0.25, -0.2) is 4.98 Å². The molecular weight excluding hydrogens is 228 g/mol. The molecule has 5 nitrogen and oxygen atoms in total. The summed E-state index contributed by atoms with van der Waals surface area (Å²) >= 11 is 0. The molecule has 1 saturated heterocycles. The molecule has 2 fully saturated rings. The van der Waals surface area contributed by atoms with Gasteiger partial charge in [0.2, 0.25) is 0 Å². The Morgan fingerprint density at radius 2 is 2.17 bits per heavy atom. The van der Waals surface area contributed by atoms with Crippen molar-refractivity contribution in [3.63, 3.8) is 0 Å². The Labute approximate surface area is 108 Å². The molecule has 3 rings (SSSR count). The summed E-state index contributed by atoms with van der Waals surface area (Å²) in [5, 5.41) is 7.21. The predicted molar refractivity (Wildman–Crippen MR) is 68.2 cm³/mol. The molecule has 0 aromatic carbocycles. The summed E-state index contributed by atoms with van der Waals surface area (Å²) in [5.41, 5.74) is 0. The zero-order chi connectivity index (χ0) is 12.7. The number of rotatable bonds is 3. The second-order valence-corrected chi connectivity index (χ2v) is 5.73. The highest BCUT2D eigenvalue weighted by molar-refractivity contribution is 4.97. The SMILES string of the molecule is Cc1nc(C(C)N2CC(C)OC(C3CC3)C2)n[nH]1. The van der Waals surface area contributed by atoms with Crippen molar-refractivity contribution >= 4 is 0 Å². The largest absolute Gasteiger partial charge is 0.372 e. The third-order valence-corrected chi connectivity index (χ3v) is 4.00. The van der Waals surface area contributed by atoms with E-state index in [0.29, 0.717) is 12.2 Å². The number of aromatic nitrogens is 3. The van der Waals surface area contributed by atoms with Crippen LogP contribution in [-0.4, -0.2) is 45.4 Å². The van der Waals surface area contributed by atoms with Gasteiger partial charge in [-0.15, -0.1) is 0 Å². The molecule has 0 spiro atoms. The van der Waals surface area contributed by atoms with Crippen LogP contribution in [0.2, 0.25) is 0 Å². The van der Waals surface area contributed by atoms with Gasteiger partial charge in [0.25, 0.3) is 0 Å². The number of ether oxygens (including phenoxy) is 1. The van der Waals surface area contributed by atoms with Gasteiger partial charge in [0.05, 0.1) is 18.2 Å². The zero-order valence-corrected chi connectivity index (χ0v) is 11.4.